The highest BCUT2D eigenvalue weighted by Crippen LogP contribution is 2.30. The second-order valence-electron chi connectivity index (χ2n) is 8.24. The molecule has 4 aromatic rings. The molecule has 166 valence electrons. The summed E-state index contributed by atoms with van der Waals surface area (Å²) < 4.78 is 7.26. The van der Waals surface area contributed by atoms with Crippen LogP contribution in [0.15, 0.2) is 65.5 Å². The molecule has 0 amide bonds. The van der Waals surface area contributed by atoms with E-state index in [-0.39, 0.29) is 12.3 Å². The Bertz CT molecular complexity index is 1410. The summed E-state index contributed by atoms with van der Waals surface area (Å²) in [4.78, 5) is 17.6. The average Bonchev–Trinajstić information content (AvgIpc) is 2.81. The van der Waals surface area contributed by atoms with Crippen molar-refractivity contribution in [3.8, 4) is 29.4 Å². The van der Waals surface area contributed by atoms with E-state index >= 15 is 0 Å². The van der Waals surface area contributed by atoms with Gasteiger partial charge in [0.1, 0.15) is 12.4 Å². The summed E-state index contributed by atoms with van der Waals surface area (Å²) in [6.07, 6.45) is 5.35. The number of benzene rings is 3. The number of anilines is 2. The number of hydrogen-bond acceptors (Lipinski definition) is 5. The number of ether oxygens (including phenoxy) is 1. The average molecular weight is 439 g/mol. The van der Waals surface area contributed by atoms with E-state index in [1.165, 1.54) is 5.56 Å². The summed E-state index contributed by atoms with van der Waals surface area (Å²) in [6.45, 7) is 4.75. The van der Waals surface area contributed by atoms with Crippen LogP contribution < -0.4 is 21.9 Å². The molecule has 4 N–H and O–H groups in total. The lowest BCUT2D eigenvalue weighted by molar-refractivity contribution is 0.371. The van der Waals surface area contributed by atoms with Crippen LogP contribution in [0.3, 0.4) is 0 Å². The molecule has 3 aromatic carbocycles. The highest BCUT2D eigenvalue weighted by atomic mass is 16.5. The van der Waals surface area contributed by atoms with Crippen molar-refractivity contribution in [1.29, 1.82) is 0 Å². The monoisotopic (exact) mass is 438 g/mol. The molecule has 33 heavy (non-hydrogen) atoms. The van der Waals surface area contributed by atoms with E-state index in [0.29, 0.717) is 35.3 Å². The Kier molecular flexibility index (Phi) is 6.05. The standard InChI is InChI=1S/C27H26N4O2/c1-4-13-33-21-10-12-25-22(15-21)26(20-8-6-19(7-9-20)17(2)3)30-27(32)31(25)16-18-5-11-23(28)24(29)14-18/h1,5-12,14-15,17H,13,16,28-29H2,2-3H3. The van der Waals surface area contributed by atoms with Gasteiger partial charge in [0.05, 0.1) is 29.1 Å². The maximum atomic E-state index is 13.2. The third kappa shape index (κ3) is 4.53. The van der Waals surface area contributed by atoms with Gasteiger partial charge in [-0.3, -0.25) is 4.57 Å². The Morgan fingerprint density at radius 1 is 1.03 bits per heavy atom. The number of rotatable bonds is 6. The number of terminal acetylenes is 1. The normalized spacial score (nSPS) is 11.0. The van der Waals surface area contributed by atoms with Gasteiger partial charge < -0.3 is 16.2 Å². The predicted molar refractivity (Wildman–Crippen MR) is 134 cm³/mol. The third-order valence-corrected chi connectivity index (χ3v) is 5.62. The molecule has 0 spiro atoms. The van der Waals surface area contributed by atoms with Crippen molar-refractivity contribution in [2.75, 3.05) is 18.1 Å². The van der Waals surface area contributed by atoms with Crippen LogP contribution in [-0.4, -0.2) is 16.2 Å². The smallest absolute Gasteiger partial charge is 0.348 e. The zero-order valence-electron chi connectivity index (χ0n) is 18.7. The van der Waals surface area contributed by atoms with Crippen LogP contribution in [0, 0.1) is 12.3 Å². The number of hydrogen-bond donors (Lipinski definition) is 2. The number of nitrogens with zero attached hydrogens (tertiary/aromatic N) is 2. The van der Waals surface area contributed by atoms with E-state index in [4.69, 9.17) is 22.6 Å². The first-order valence-corrected chi connectivity index (χ1v) is 10.7. The molecule has 0 saturated carbocycles. The fraction of sp³-hybridized carbons (Fsp3) is 0.185. The number of nitrogens with two attached hydrogens (primary N) is 2. The minimum absolute atomic E-state index is 0.154. The Hall–Kier alpha value is -4.24. The van der Waals surface area contributed by atoms with E-state index in [9.17, 15) is 4.79 Å². The van der Waals surface area contributed by atoms with Crippen LogP contribution in [0.5, 0.6) is 5.75 Å². The van der Waals surface area contributed by atoms with Gasteiger partial charge in [-0.05, 0) is 47.4 Å². The van der Waals surface area contributed by atoms with Crippen molar-refractivity contribution in [3.05, 3.63) is 82.3 Å². The van der Waals surface area contributed by atoms with Crippen molar-refractivity contribution < 1.29 is 4.74 Å². The largest absolute Gasteiger partial charge is 0.481 e. The van der Waals surface area contributed by atoms with Gasteiger partial charge in [0.15, 0.2) is 0 Å². The maximum Gasteiger partial charge on any atom is 0.348 e. The lowest BCUT2D eigenvalue weighted by Crippen LogP contribution is -2.24. The van der Waals surface area contributed by atoms with Gasteiger partial charge >= 0.3 is 5.69 Å². The summed E-state index contributed by atoms with van der Waals surface area (Å²) in [5, 5.41) is 0.796. The van der Waals surface area contributed by atoms with Gasteiger partial charge in [-0.25, -0.2) is 4.79 Å². The number of fused-ring (bicyclic) bond motifs is 1. The second kappa shape index (κ2) is 9.09. The van der Waals surface area contributed by atoms with Crippen LogP contribution >= 0.6 is 0 Å². The van der Waals surface area contributed by atoms with Gasteiger partial charge in [-0.2, -0.15) is 4.98 Å². The van der Waals surface area contributed by atoms with E-state index < -0.39 is 0 Å². The Morgan fingerprint density at radius 2 is 1.79 bits per heavy atom. The molecule has 0 bridgehead atoms. The molecule has 1 aromatic heterocycles. The first-order valence-electron chi connectivity index (χ1n) is 10.7. The van der Waals surface area contributed by atoms with Crippen molar-refractivity contribution in [2.45, 2.75) is 26.3 Å². The summed E-state index contributed by atoms with van der Waals surface area (Å²) in [7, 11) is 0. The Balaban J connectivity index is 1.89. The first kappa shape index (κ1) is 22.0. The molecular formula is C27H26N4O2. The zero-order chi connectivity index (χ0) is 23.5. The van der Waals surface area contributed by atoms with Crippen LogP contribution in [0.4, 0.5) is 11.4 Å². The molecular weight excluding hydrogens is 412 g/mol. The van der Waals surface area contributed by atoms with Gasteiger partial charge in [0.25, 0.3) is 0 Å². The fourth-order valence-corrected chi connectivity index (χ4v) is 3.78. The second-order valence-corrected chi connectivity index (χ2v) is 8.24. The van der Waals surface area contributed by atoms with Crippen LogP contribution in [-0.2, 0) is 6.54 Å². The minimum atomic E-state index is -0.349. The molecule has 0 aliphatic rings. The first-order chi connectivity index (χ1) is 15.9. The molecule has 0 atom stereocenters. The van der Waals surface area contributed by atoms with Crippen molar-refractivity contribution in [2.24, 2.45) is 0 Å². The minimum Gasteiger partial charge on any atom is -0.481 e. The summed E-state index contributed by atoms with van der Waals surface area (Å²) >= 11 is 0. The van der Waals surface area contributed by atoms with Crippen LogP contribution in [0.1, 0.15) is 30.9 Å². The van der Waals surface area contributed by atoms with E-state index in [1.54, 1.807) is 22.8 Å². The van der Waals surface area contributed by atoms with Gasteiger partial charge in [-0.1, -0.05) is 50.1 Å². The molecule has 0 aliphatic heterocycles. The molecule has 1 heterocycles. The Labute approximate surface area is 192 Å². The molecule has 0 radical (unpaired) electrons. The molecule has 6 heteroatoms. The molecule has 6 nitrogen and oxygen atoms in total. The molecule has 0 saturated heterocycles. The number of nitrogen functional groups attached to an aromatic ring is 2. The molecule has 0 unspecified atom stereocenters. The predicted octanol–water partition coefficient (Wildman–Crippen LogP) is 4.41. The molecule has 0 aliphatic carbocycles. The van der Waals surface area contributed by atoms with Gasteiger partial charge in [0.2, 0.25) is 0 Å². The zero-order valence-corrected chi connectivity index (χ0v) is 18.7. The third-order valence-electron chi connectivity index (χ3n) is 5.62. The SMILES string of the molecule is C#CCOc1ccc2c(c1)c(-c1ccc(C(C)C)cc1)nc(=O)n2Cc1ccc(N)c(N)c1. The summed E-state index contributed by atoms with van der Waals surface area (Å²) in [5.74, 6) is 3.50. The van der Waals surface area contributed by atoms with Gasteiger partial charge in [0, 0.05) is 10.9 Å². The highest BCUT2D eigenvalue weighted by Gasteiger charge is 2.15. The molecule has 4 rings (SSSR count). The summed E-state index contributed by atoms with van der Waals surface area (Å²) in [5.41, 5.74) is 16.7. The van der Waals surface area contributed by atoms with Crippen LogP contribution in [0.2, 0.25) is 0 Å². The van der Waals surface area contributed by atoms with Crippen LogP contribution in [0.25, 0.3) is 22.2 Å². The maximum absolute atomic E-state index is 13.2. The van der Waals surface area contributed by atoms with E-state index in [0.717, 1.165) is 22.0 Å². The Morgan fingerprint density at radius 3 is 2.45 bits per heavy atom. The topological polar surface area (TPSA) is 96.2 Å². The van der Waals surface area contributed by atoms with E-state index in [2.05, 4.69) is 36.9 Å². The van der Waals surface area contributed by atoms with Crippen molar-refractivity contribution in [3.63, 3.8) is 0 Å². The quantitative estimate of drug-likeness (QED) is 0.343. The highest BCUT2D eigenvalue weighted by molar-refractivity contribution is 5.93. The van der Waals surface area contributed by atoms with E-state index in [1.807, 2.05) is 30.3 Å². The van der Waals surface area contributed by atoms with Gasteiger partial charge in [-0.15, -0.1) is 6.42 Å². The number of aromatic nitrogens is 2. The van der Waals surface area contributed by atoms with Crippen molar-refractivity contribution in [1.82, 2.24) is 9.55 Å². The fourth-order valence-electron chi connectivity index (χ4n) is 3.78. The van der Waals surface area contributed by atoms with Crippen molar-refractivity contribution >= 4 is 22.3 Å². The summed E-state index contributed by atoms with van der Waals surface area (Å²) in [6, 6.07) is 19.0. The molecule has 0 fully saturated rings. The lowest BCUT2D eigenvalue weighted by Gasteiger charge is -2.15. The lowest BCUT2D eigenvalue weighted by atomic mass is 9.99.